The smallest absolute Gasteiger partial charge is 0.191 e. The van der Waals surface area contributed by atoms with Gasteiger partial charge in [-0.25, -0.2) is 0 Å². The lowest BCUT2D eigenvalue weighted by Crippen LogP contribution is -2.49. The standard InChI is InChI=1S/C20H33N5O/c1-16-13-22-8-3-18(16)4-9-23-20(21-2)24-19-5-10-25(11-6-19)14-17-7-12-26-15-17/h3,8,13,17,19H,4-7,9-12,14-15H2,1-2H3,(H2,21,23,24). The van der Waals surface area contributed by atoms with Gasteiger partial charge < -0.3 is 20.3 Å². The summed E-state index contributed by atoms with van der Waals surface area (Å²) in [4.78, 5) is 11.1. The lowest BCUT2D eigenvalue weighted by Gasteiger charge is -2.34. The second kappa shape index (κ2) is 9.88. The molecule has 2 N–H and O–H groups in total. The fourth-order valence-corrected chi connectivity index (χ4v) is 3.84. The van der Waals surface area contributed by atoms with E-state index in [0.29, 0.717) is 6.04 Å². The summed E-state index contributed by atoms with van der Waals surface area (Å²) < 4.78 is 5.50. The minimum Gasteiger partial charge on any atom is -0.381 e. The quantitative estimate of drug-likeness (QED) is 0.597. The number of nitrogens with zero attached hydrogens (tertiary/aromatic N) is 3. The van der Waals surface area contributed by atoms with Crippen molar-refractivity contribution >= 4 is 5.96 Å². The Labute approximate surface area is 157 Å². The summed E-state index contributed by atoms with van der Waals surface area (Å²) in [6, 6.07) is 2.61. The number of rotatable bonds is 6. The Hall–Kier alpha value is -1.66. The number of pyridine rings is 1. The predicted octanol–water partition coefficient (Wildman–Crippen LogP) is 1.60. The highest BCUT2D eigenvalue weighted by atomic mass is 16.5. The topological polar surface area (TPSA) is 61.8 Å². The molecule has 0 saturated carbocycles. The van der Waals surface area contributed by atoms with Crippen molar-refractivity contribution in [2.24, 2.45) is 10.9 Å². The highest BCUT2D eigenvalue weighted by Crippen LogP contribution is 2.17. The molecule has 1 unspecified atom stereocenters. The lowest BCUT2D eigenvalue weighted by atomic mass is 10.0. The molecule has 1 aromatic rings. The van der Waals surface area contributed by atoms with Crippen LogP contribution in [0.25, 0.3) is 0 Å². The first-order valence-electron chi connectivity index (χ1n) is 9.91. The Morgan fingerprint density at radius 1 is 1.35 bits per heavy atom. The van der Waals surface area contributed by atoms with Gasteiger partial charge in [-0.2, -0.15) is 0 Å². The zero-order chi connectivity index (χ0) is 18.2. The summed E-state index contributed by atoms with van der Waals surface area (Å²) in [6.45, 7) is 8.43. The Morgan fingerprint density at radius 2 is 2.19 bits per heavy atom. The van der Waals surface area contributed by atoms with Crippen molar-refractivity contribution < 1.29 is 4.74 Å². The Balaban J connectivity index is 1.35. The molecule has 1 aromatic heterocycles. The minimum atomic E-state index is 0.514. The number of aliphatic imine (C=N–C) groups is 1. The van der Waals surface area contributed by atoms with E-state index < -0.39 is 0 Å². The molecule has 0 bridgehead atoms. The van der Waals surface area contributed by atoms with Crippen LogP contribution in [-0.2, 0) is 11.2 Å². The maximum absolute atomic E-state index is 5.50. The highest BCUT2D eigenvalue weighted by Gasteiger charge is 2.24. The average Bonchev–Trinajstić information content (AvgIpc) is 3.17. The first-order chi connectivity index (χ1) is 12.7. The van der Waals surface area contributed by atoms with Crippen molar-refractivity contribution in [3.63, 3.8) is 0 Å². The number of likely N-dealkylation sites (tertiary alicyclic amines) is 1. The molecule has 2 saturated heterocycles. The van der Waals surface area contributed by atoms with Gasteiger partial charge in [0.05, 0.1) is 6.61 Å². The van der Waals surface area contributed by atoms with Gasteiger partial charge in [0.1, 0.15) is 0 Å². The first-order valence-corrected chi connectivity index (χ1v) is 9.91. The lowest BCUT2D eigenvalue weighted by molar-refractivity contribution is 0.150. The monoisotopic (exact) mass is 359 g/mol. The molecule has 6 nitrogen and oxygen atoms in total. The summed E-state index contributed by atoms with van der Waals surface area (Å²) in [5, 5.41) is 7.05. The van der Waals surface area contributed by atoms with E-state index in [4.69, 9.17) is 4.74 Å². The number of aryl methyl sites for hydroxylation is 1. The molecule has 3 rings (SSSR count). The number of aromatic nitrogens is 1. The molecule has 0 radical (unpaired) electrons. The van der Waals surface area contributed by atoms with Crippen LogP contribution in [0.2, 0.25) is 0 Å². The Kier molecular flexibility index (Phi) is 7.26. The number of piperidine rings is 1. The van der Waals surface area contributed by atoms with Gasteiger partial charge in [-0.3, -0.25) is 9.98 Å². The van der Waals surface area contributed by atoms with E-state index >= 15 is 0 Å². The van der Waals surface area contributed by atoms with Crippen LogP contribution in [0.5, 0.6) is 0 Å². The van der Waals surface area contributed by atoms with Crippen molar-refractivity contribution in [3.8, 4) is 0 Å². The van der Waals surface area contributed by atoms with E-state index in [-0.39, 0.29) is 0 Å². The number of guanidine groups is 1. The molecule has 2 aliphatic heterocycles. The van der Waals surface area contributed by atoms with Crippen LogP contribution >= 0.6 is 0 Å². The first kappa shape index (κ1) is 19.1. The molecule has 0 amide bonds. The number of nitrogens with one attached hydrogen (secondary N) is 2. The van der Waals surface area contributed by atoms with Crippen LogP contribution < -0.4 is 10.6 Å². The van der Waals surface area contributed by atoms with Crippen molar-refractivity contribution in [2.45, 2.75) is 38.6 Å². The highest BCUT2D eigenvalue weighted by molar-refractivity contribution is 5.79. The summed E-state index contributed by atoms with van der Waals surface area (Å²) in [7, 11) is 1.85. The minimum absolute atomic E-state index is 0.514. The van der Waals surface area contributed by atoms with Crippen molar-refractivity contribution in [2.75, 3.05) is 46.4 Å². The van der Waals surface area contributed by atoms with Crippen LogP contribution in [0.15, 0.2) is 23.5 Å². The number of ether oxygens (including phenoxy) is 1. The second-order valence-corrected chi connectivity index (χ2v) is 7.50. The van der Waals surface area contributed by atoms with Gasteiger partial charge in [0.2, 0.25) is 0 Å². The Morgan fingerprint density at radius 3 is 2.88 bits per heavy atom. The third-order valence-electron chi connectivity index (χ3n) is 5.52. The van der Waals surface area contributed by atoms with E-state index in [1.165, 1.54) is 50.0 Å². The molecule has 1 atom stereocenters. The van der Waals surface area contributed by atoms with Gasteiger partial charge in [0, 0.05) is 58.3 Å². The fourth-order valence-electron chi connectivity index (χ4n) is 3.84. The second-order valence-electron chi connectivity index (χ2n) is 7.50. The summed E-state index contributed by atoms with van der Waals surface area (Å²) in [5.41, 5.74) is 2.59. The van der Waals surface area contributed by atoms with Crippen LogP contribution in [-0.4, -0.2) is 68.3 Å². The zero-order valence-corrected chi connectivity index (χ0v) is 16.2. The molecule has 0 aromatic carbocycles. The zero-order valence-electron chi connectivity index (χ0n) is 16.2. The summed E-state index contributed by atoms with van der Waals surface area (Å²) in [5.74, 6) is 1.66. The maximum atomic E-state index is 5.50. The van der Waals surface area contributed by atoms with E-state index in [1.807, 2.05) is 19.4 Å². The molecular weight excluding hydrogens is 326 g/mol. The SMILES string of the molecule is CN=C(NCCc1ccncc1C)NC1CCN(CC2CCOC2)CC1. The van der Waals surface area contributed by atoms with Crippen LogP contribution in [0.3, 0.4) is 0 Å². The van der Waals surface area contributed by atoms with Crippen LogP contribution in [0.1, 0.15) is 30.4 Å². The van der Waals surface area contributed by atoms with Gasteiger partial charge in [-0.1, -0.05) is 0 Å². The summed E-state index contributed by atoms with van der Waals surface area (Å²) in [6.07, 6.45) is 8.35. The third-order valence-corrected chi connectivity index (χ3v) is 5.52. The number of hydrogen-bond donors (Lipinski definition) is 2. The van der Waals surface area contributed by atoms with Crippen LogP contribution in [0, 0.1) is 12.8 Å². The molecule has 26 heavy (non-hydrogen) atoms. The molecule has 144 valence electrons. The normalized spacial score (nSPS) is 22.5. The van der Waals surface area contributed by atoms with E-state index in [9.17, 15) is 0 Å². The van der Waals surface area contributed by atoms with Crippen LogP contribution in [0.4, 0.5) is 0 Å². The van der Waals surface area contributed by atoms with E-state index in [0.717, 1.165) is 38.1 Å². The number of hydrogen-bond acceptors (Lipinski definition) is 4. The molecular formula is C20H33N5O. The molecule has 2 aliphatic rings. The van der Waals surface area contributed by atoms with Crippen molar-refractivity contribution in [1.82, 2.24) is 20.5 Å². The van der Waals surface area contributed by atoms with Gasteiger partial charge in [-0.05, 0) is 55.7 Å². The van der Waals surface area contributed by atoms with Gasteiger partial charge in [0.15, 0.2) is 5.96 Å². The molecule has 0 aliphatic carbocycles. The van der Waals surface area contributed by atoms with Crippen molar-refractivity contribution in [3.05, 3.63) is 29.6 Å². The van der Waals surface area contributed by atoms with Gasteiger partial charge in [-0.15, -0.1) is 0 Å². The molecule has 0 spiro atoms. The Bertz CT molecular complexity index is 577. The molecule has 3 heterocycles. The fraction of sp³-hybridized carbons (Fsp3) is 0.700. The summed E-state index contributed by atoms with van der Waals surface area (Å²) >= 11 is 0. The van der Waals surface area contributed by atoms with E-state index in [1.54, 1.807) is 0 Å². The average molecular weight is 360 g/mol. The molecule has 2 fully saturated rings. The van der Waals surface area contributed by atoms with Gasteiger partial charge >= 0.3 is 0 Å². The third kappa shape index (κ3) is 5.68. The largest absolute Gasteiger partial charge is 0.381 e. The van der Waals surface area contributed by atoms with E-state index in [2.05, 4.69) is 38.5 Å². The van der Waals surface area contributed by atoms with Crippen molar-refractivity contribution in [1.29, 1.82) is 0 Å². The molecule has 6 heteroatoms. The maximum Gasteiger partial charge on any atom is 0.191 e. The predicted molar refractivity (Wildman–Crippen MR) is 106 cm³/mol. The van der Waals surface area contributed by atoms with Gasteiger partial charge in [0.25, 0.3) is 0 Å².